The maximum atomic E-state index is 12.8. The van der Waals surface area contributed by atoms with Gasteiger partial charge in [0.15, 0.2) is 0 Å². The van der Waals surface area contributed by atoms with Crippen LogP contribution in [0.4, 0.5) is 0 Å². The minimum atomic E-state index is -0.935. The molecule has 0 fully saturated rings. The quantitative estimate of drug-likeness (QED) is 0.142. The Labute approximate surface area is 229 Å². The third-order valence-corrected chi connectivity index (χ3v) is 7.25. The lowest BCUT2D eigenvalue weighted by Gasteiger charge is -2.33. The van der Waals surface area contributed by atoms with Gasteiger partial charge in [0, 0.05) is 10.8 Å². The fourth-order valence-electron chi connectivity index (χ4n) is 3.32. The predicted molar refractivity (Wildman–Crippen MR) is 145 cm³/mol. The van der Waals surface area contributed by atoms with E-state index in [1.54, 1.807) is 20.8 Å². The van der Waals surface area contributed by atoms with E-state index in [1.807, 2.05) is 48.5 Å². The number of nitrogens with one attached hydrogen (secondary N) is 2. The van der Waals surface area contributed by atoms with Crippen molar-refractivity contribution < 1.29 is 38.1 Å². The molecule has 38 heavy (non-hydrogen) atoms. The predicted octanol–water partition coefficient (Wildman–Crippen LogP) is 3.96. The van der Waals surface area contributed by atoms with Crippen LogP contribution in [0.25, 0.3) is 0 Å². The van der Waals surface area contributed by atoms with Crippen LogP contribution < -0.4 is 10.6 Å². The van der Waals surface area contributed by atoms with E-state index in [2.05, 4.69) is 10.6 Å². The van der Waals surface area contributed by atoms with E-state index >= 15 is 0 Å². The minimum Gasteiger partial charge on any atom is -0.463 e. The van der Waals surface area contributed by atoms with Crippen molar-refractivity contribution in [2.45, 2.75) is 94.9 Å². The SMILES string of the molecule is CCC(C)(C)C(=O)NCOCCOC(=O)C(C)(C)CC(C)(CC)C(=O)OCCOCNC(=O)C(C)(C)CC. The number of esters is 2. The van der Waals surface area contributed by atoms with Crippen LogP contribution >= 0.6 is 0 Å². The Hall–Kier alpha value is -2.20. The van der Waals surface area contributed by atoms with Gasteiger partial charge in [-0.25, -0.2) is 0 Å². The van der Waals surface area contributed by atoms with Gasteiger partial charge >= 0.3 is 11.9 Å². The van der Waals surface area contributed by atoms with Crippen LogP contribution in [0.1, 0.15) is 94.9 Å². The van der Waals surface area contributed by atoms with Crippen molar-refractivity contribution in [3.8, 4) is 0 Å². The second kappa shape index (κ2) is 16.0. The Morgan fingerprint density at radius 2 is 0.947 bits per heavy atom. The van der Waals surface area contributed by atoms with Gasteiger partial charge in [-0.05, 0) is 46.5 Å². The van der Waals surface area contributed by atoms with Gasteiger partial charge in [0.2, 0.25) is 11.8 Å². The molecule has 1 unspecified atom stereocenters. The number of amides is 2. The Morgan fingerprint density at radius 3 is 1.32 bits per heavy atom. The Kier molecular flexibility index (Phi) is 15.1. The minimum absolute atomic E-state index is 0.0336. The zero-order valence-corrected chi connectivity index (χ0v) is 25.3. The standard InChI is InChI=1S/C28H52N2O8/c1-11-25(4,5)21(31)29-19-35-14-16-37-23(33)27(8,9)18-28(10,13-3)24(34)38-17-15-36-20-30-22(32)26(6,7)12-2/h11-20H2,1-10H3,(H,29,31)(H,30,32). The summed E-state index contributed by atoms with van der Waals surface area (Å²) in [6.45, 7) is 18.8. The Morgan fingerprint density at radius 1 is 0.553 bits per heavy atom. The summed E-state index contributed by atoms with van der Waals surface area (Å²) >= 11 is 0. The number of carbonyl (C=O) groups excluding carboxylic acids is 4. The van der Waals surface area contributed by atoms with Crippen LogP contribution in [0.3, 0.4) is 0 Å². The lowest BCUT2D eigenvalue weighted by atomic mass is 9.72. The second-order valence-electron chi connectivity index (χ2n) is 11.8. The van der Waals surface area contributed by atoms with E-state index in [-0.39, 0.29) is 58.1 Å². The molecule has 0 aliphatic carbocycles. The Bertz CT molecular complexity index is 779. The number of hydrogen-bond acceptors (Lipinski definition) is 8. The van der Waals surface area contributed by atoms with Gasteiger partial charge in [-0.15, -0.1) is 0 Å². The summed E-state index contributed by atoms with van der Waals surface area (Å²) < 4.78 is 21.5. The van der Waals surface area contributed by atoms with Crippen molar-refractivity contribution in [2.75, 3.05) is 39.9 Å². The second-order valence-corrected chi connectivity index (χ2v) is 11.8. The summed E-state index contributed by atoms with van der Waals surface area (Å²) in [5.74, 6) is -1.06. The highest BCUT2D eigenvalue weighted by Gasteiger charge is 2.43. The van der Waals surface area contributed by atoms with E-state index in [0.717, 1.165) is 0 Å². The fourth-order valence-corrected chi connectivity index (χ4v) is 3.32. The van der Waals surface area contributed by atoms with Crippen molar-refractivity contribution in [3.05, 3.63) is 0 Å². The van der Waals surface area contributed by atoms with E-state index in [4.69, 9.17) is 18.9 Å². The first-order valence-electron chi connectivity index (χ1n) is 13.6. The normalized spacial score (nSPS) is 13.8. The third kappa shape index (κ3) is 12.1. The molecule has 0 aliphatic rings. The topological polar surface area (TPSA) is 129 Å². The number of carbonyl (C=O) groups is 4. The molecule has 0 saturated carbocycles. The van der Waals surface area contributed by atoms with Crippen LogP contribution in [0.15, 0.2) is 0 Å². The van der Waals surface area contributed by atoms with Gasteiger partial charge < -0.3 is 29.6 Å². The third-order valence-electron chi connectivity index (χ3n) is 7.25. The maximum absolute atomic E-state index is 12.8. The molecule has 0 rings (SSSR count). The zero-order valence-electron chi connectivity index (χ0n) is 25.3. The average molecular weight is 545 g/mol. The van der Waals surface area contributed by atoms with Gasteiger partial charge in [-0.3, -0.25) is 19.2 Å². The van der Waals surface area contributed by atoms with Gasteiger partial charge in [0.25, 0.3) is 0 Å². The molecule has 0 aromatic heterocycles. The highest BCUT2D eigenvalue weighted by atomic mass is 16.6. The average Bonchev–Trinajstić information content (AvgIpc) is 2.86. The molecule has 222 valence electrons. The maximum Gasteiger partial charge on any atom is 0.311 e. The van der Waals surface area contributed by atoms with Crippen LogP contribution in [-0.2, 0) is 38.1 Å². The summed E-state index contributed by atoms with van der Waals surface area (Å²) in [7, 11) is 0. The highest BCUT2D eigenvalue weighted by Crippen LogP contribution is 2.38. The first-order valence-corrected chi connectivity index (χ1v) is 13.6. The van der Waals surface area contributed by atoms with Crippen LogP contribution in [0.2, 0.25) is 0 Å². The van der Waals surface area contributed by atoms with Crippen LogP contribution in [0.5, 0.6) is 0 Å². The molecule has 0 bridgehead atoms. The summed E-state index contributed by atoms with van der Waals surface area (Å²) in [4.78, 5) is 49.6. The molecule has 1 atom stereocenters. The largest absolute Gasteiger partial charge is 0.463 e. The van der Waals surface area contributed by atoms with Crippen molar-refractivity contribution in [1.29, 1.82) is 0 Å². The number of ether oxygens (including phenoxy) is 4. The van der Waals surface area contributed by atoms with E-state index in [1.165, 1.54) is 0 Å². The Balaban J connectivity index is 4.47. The first kappa shape index (κ1) is 35.8. The van der Waals surface area contributed by atoms with Crippen molar-refractivity contribution in [2.24, 2.45) is 21.7 Å². The monoisotopic (exact) mass is 544 g/mol. The summed E-state index contributed by atoms with van der Waals surface area (Å²) in [6.07, 6.45) is 2.13. The molecule has 10 nitrogen and oxygen atoms in total. The fraction of sp³-hybridized carbons (Fsp3) is 0.857. The van der Waals surface area contributed by atoms with Crippen LogP contribution in [0, 0.1) is 21.7 Å². The molecule has 0 saturated heterocycles. The lowest BCUT2D eigenvalue weighted by molar-refractivity contribution is -0.165. The summed E-state index contributed by atoms with van der Waals surface area (Å²) in [6, 6.07) is 0. The molecular formula is C28H52N2O8. The molecular weight excluding hydrogens is 492 g/mol. The van der Waals surface area contributed by atoms with Crippen molar-refractivity contribution in [3.63, 3.8) is 0 Å². The zero-order chi connectivity index (χ0) is 29.6. The molecule has 0 aliphatic heterocycles. The first-order chi connectivity index (χ1) is 17.5. The van der Waals surface area contributed by atoms with E-state index in [0.29, 0.717) is 19.3 Å². The van der Waals surface area contributed by atoms with Gasteiger partial charge in [-0.1, -0.05) is 48.5 Å². The van der Waals surface area contributed by atoms with E-state index < -0.39 is 33.6 Å². The molecule has 2 N–H and O–H groups in total. The van der Waals surface area contributed by atoms with E-state index in [9.17, 15) is 19.2 Å². The molecule has 0 heterocycles. The summed E-state index contributed by atoms with van der Waals surface area (Å²) in [5, 5.41) is 5.41. The smallest absolute Gasteiger partial charge is 0.311 e. The molecule has 2 amide bonds. The highest BCUT2D eigenvalue weighted by molar-refractivity contribution is 5.82. The summed E-state index contributed by atoms with van der Waals surface area (Å²) in [5.41, 5.74) is -2.77. The van der Waals surface area contributed by atoms with Crippen LogP contribution in [-0.4, -0.2) is 63.6 Å². The van der Waals surface area contributed by atoms with Gasteiger partial charge in [-0.2, -0.15) is 0 Å². The van der Waals surface area contributed by atoms with Crippen molar-refractivity contribution in [1.82, 2.24) is 10.6 Å². The van der Waals surface area contributed by atoms with Gasteiger partial charge in [0.1, 0.15) is 26.7 Å². The molecule has 0 spiro atoms. The molecule has 0 radical (unpaired) electrons. The number of rotatable bonds is 19. The van der Waals surface area contributed by atoms with Gasteiger partial charge in [0.05, 0.1) is 24.0 Å². The lowest BCUT2D eigenvalue weighted by Crippen LogP contribution is -2.40. The molecule has 0 aromatic carbocycles. The van der Waals surface area contributed by atoms with Crippen molar-refractivity contribution >= 4 is 23.8 Å². The number of hydrogen-bond donors (Lipinski definition) is 2. The molecule has 0 aromatic rings. The molecule has 10 heteroatoms.